The number of aliphatic imine (C=N–C) groups is 2. The van der Waals surface area contributed by atoms with Gasteiger partial charge >= 0.3 is 0 Å². The lowest BCUT2D eigenvalue weighted by Crippen LogP contribution is -2.20. The monoisotopic (exact) mass is 335 g/mol. The lowest BCUT2D eigenvalue weighted by Gasteiger charge is -2.11. The molecule has 0 atom stereocenters. The molecule has 0 fully saturated rings. The fraction of sp³-hybridized carbons (Fsp3) is 0.211. The summed E-state index contributed by atoms with van der Waals surface area (Å²) >= 11 is 0. The molecule has 0 saturated carbocycles. The number of rotatable bonds is 2. The van der Waals surface area contributed by atoms with Crippen LogP contribution in [0.15, 0.2) is 68.5 Å². The Hall–Kier alpha value is -3.15. The zero-order valence-corrected chi connectivity index (χ0v) is 14.8. The number of benzene rings is 1. The van der Waals surface area contributed by atoms with Gasteiger partial charge in [0.1, 0.15) is 0 Å². The third-order valence-electron chi connectivity index (χ3n) is 4.34. The molecule has 2 N–H and O–H groups in total. The molecular formula is C19H21N5O. The number of allylic oxidation sites excluding steroid dienone is 3. The van der Waals surface area contributed by atoms with E-state index >= 15 is 0 Å². The minimum absolute atomic E-state index is 0.174. The molecular weight excluding hydrogens is 314 g/mol. The second-order valence-corrected chi connectivity index (χ2v) is 5.94. The van der Waals surface area contributed by atoms with Crippen molar-refractivity contribution in [3.63, 3.8) is 0 Å². The number of para-hydroxylation sites is 1. The van der Waals surface area contributed by atoms with Crippen LogP contribution in [0.2, 0.25) is 0 Å². The van der Waals surface area contributed by atoms with E-state index in [4.69, 9.17) is 5.73 Å². The Kier molecular flexibility index (Phi) is 4.27. The van der Waals surface area contributed by atoms with Crippen molar-refractivity contribution in [2.45, 2.75) is 13.8 Å². The minimum atomic E-state index is -0.174. The van der Waals surface area contributed by atoms with Gasteiger partial charge in [0.15, 0.2) is 5.69 Å². The summed E-state index contributed by atoms with van der Waals surface area (Å²) in [7, 11) is 3.56. The average molecular weight is 335 g/mol. The Bertz CT molecular complexity index is 1000. The number of aromatic nitrogens is 2. The van der Waals surface area contributed by atoms with E-state index in [9.17, 15) is 4.79 Å². The first-order chi connectivity index (χ1) is 11.9. The van der Waals surface area contributed by atoms with Gasteiger partial charge in [0, 0.05) is 14.1 Å². The standard InChI is InChI=1S/C19H21N5O/c1-12-10-17(15(20)11-16(12)21-3)22-18-13(2)23(4)24(19(18)25)14-8-6-5-7-9-14/h5-11H,20H2,1-4H3. The highest BCUT2D eigenvalue weighted by atomic mass is 16.1. The summed E-state index contributed by atoms with van der Waals surface area (Å²) in [6.07, 6.45) is 3.64. The normalized spacial score (nSPS) is 17.8. The van der Waals surface area contributed by atoms with Crippen LogP contribution in [0.3, 0.4) is 0 Å². The highest BCUT2D eigenvalue weighted by Crippen LogP contribution is 2.19. The van der Waals surface area contributed by atoms with Gasteiger partial charge in [0.25, 0.3) is 5.56 Å². The van der Waals surface area contributed by atoms with Crippen LogP contribution in [-0.4, -0.2) is 27.8 Å². The molecule has 25 heavy (non-hydrogen) atoms. The summed E-state index contributed by atoms with van der Waals surface area (Å²) in [5, 5.41) is 0. The molecule has 0 unspecified atom stereocenters. The van der Waals surface area contributed by atoms with Crippen molar-refractivity contribution >= 4 is 17.1 Å². The van der Waals surface area contributed by atoms with Crippen molar-refractivity contribution < 1.29 is 0 Å². The maximum absolute atomic E-state index is 12.9. The zero-order valence-electron chi connectivity index (χ0n) is 14.8. The van der Waals surface area contributed by atoms with E-state index in [1.54, 1.807) is 22.5 Å². The SMILES string of the molecule is CN=C1C=C(N)C(=Nc2c(C)n(C)n(-c3ccccc3)c2=O)C=C1C. The molecule has 0 amide bonds. The number of hydrogen-bond donors (Lipinski definition) is 1. The van der Waals surface area contributed by atoms with Crippen LogP contribution in [0, 0.1) is 6.92 Å². The molecule has 128 valence electrons. The van der Waals surface area contributed by atoms with Crippen LogP contribution in [0.25, 0.3) is 5.69 Å². The minimum Gasteiger partial charge on any atom is -0.397 e. The zero-order chi connectivity index (χ0) is 18.1. The predicted molar refractivity (Wildman–Crippen MR) is 102 cm³/mol. The van der Waals surface area contributed by atoms with E-state index < -0.39 is 0 Å². The highest BCUT2D eigenvalue weighted by Gasteiger charge is 2.18. The van der Waals surface area contributed by atoms with Crippen LogP contribution in [0.5, 0.6) is 0 Å². The van der Waals surface area contributed by atoms with Gasteiger partial charge in [-0.25, -0.2) is 9.67 Å². The van der Waals surface area contributed by atoms with Crippen molar-refractivity contribution in [3.8, 4) is 5.69 Å². The summed E-state index contributed by atoms with van der Waals surface area (Å²) in [5.41, 5.74) is 10.7. The summed E-state index contributed by atoms with van der Waals surface area (Å²) in [6.45, 7) is 3.82. The maximum atomic E-state index is 12.9. The van der Waals surface area contributed by atoms with E-state index in [1.165, 1.54) is 0 Å². The summed E-state index contributed by atoms with van der Waals surface area (Å²) < 4.78 is 3.41. The molecule has 1 aromatic carbocycles. The summed E-state index contributed by atoms with van der Waals surface area (Å²) in [5.74, 6) is 0. The van der Waals surface area contributed by atoms with Gasteiger partial charge in [-0.1, -0.05) is 18.2 Å². The molecule has 2 aromatic rings. The van der Waals surface area contributed by atoms with Crippen LogP contribution < -0.4 is 11.3 Å². The molecule has 1 aliphatic rings. The van der Waals surface area contributed by atoms with Crippen LogP contribution in [0.4, 0.5) is 5.69 Å². The third-order valence-corrected chi connectivity index (χ3v) is 4.34. The second-order valence-electron chi connectivity index (χ2n) is 5.94. The number of nitrogens with zero attached hydrogens (tertiary/aromatic N) is 4. The Morgan fingerprint density at radius 2 is 1.72 bits per heavy atom. The van der Waals surface area contributed by atoms with Gasteiger partial charge in [-0.3, -0.25) is 14.5 Å². The van der Waals surface area contributed by atoms with E-state index in [0.717, 1.165) is 22.7 Å². The Labute approximate surface area is 146 Å². The van der Waals surface area contributed by atoms with Gasteiger partial charge in [-0.15, -0.1) is 0 Å². The first-order valence-electron chi connectivity index (χ1n) is 7.99. The lowest BCUT2D eigenvalue weighted by atomic mass is 10.0. The Balaban J connectivity index is 2.16. The quantitative estimate of drug-likeness (QED) is 0.856. The number of hydrogen-bond acceptors (Lipinski definition) is 4. The molecule has 0 saturated heterocycles. The smallest absolute Gasteiger partial charge is 0.297 e. The van der Waals surface area contributed by atoms with Crippen molar-refractivity contribution in [2.75, 3.05) is 7.05 Å². The molecule has 0 aliphatic heterocycles. The highest BCUT2D eigenvalue weighted by molar-refractivity contribution is 6.23. The van der Waals surface area contributed by atoms with E-state index in [1.807, 2.05) is 57.3 Å². The topological polar surface area (TPSA) is 77.7 Å². The van der Waals surface area contributed by atoms with Crippen LogP contribution in [-0.2, 0) is 7.05 Å². The first-order valence-corrected chi connectivity index (χ1v) is 7.99. The van der Waals surface area contributed by atoms with Crippen molar-refractivity contribution in [3.05, 3.63) is 69.8 Å². The molecule has 1 aromatic heterocycles. The molecule has 1 aliphatic carbocycles. The van der Waals surface area contributed by atoms with Crippen LogP contribution in [0.1, 0.15) is 12.6 Å². The molecule has 6 nitrogen and oxygen atoms in total. The first kappa shape index (κ1) is 16.7. The molecule has 0 spiro atoms. The molecule has 6 heteroatoms. The maximum Gasteiger partial charge on any atom is 0.297 e. The van der Waals surface area contributed by atoms with E-state index in [0.29, 0.717) is 17.1 Å². The third kappa shape index (κ3) is 2.87. The Morgan fingerprint density at radius 3 is 2.36 bits per heavy atom. The van der Waals surface area contributed by atoms with E-state index in [-0.39, 0.29) is 5.56 Å². The number of nitrogens with two attached hydrogens (primary N) is 1. The molecule has 1 heterocycles. The summed E-state index contributed by atoms with van der Waals surface area (Å²) in [6, 6.07) is 9.49. The second kappa shape index (κ2) is 6.39. The van der Waals surface area contributed by atoms with Gasteiger partial charge < -0.3 is 5.73 Å². The largest absolute Gasteiger partial charge is 0.397 e. The molecule has 0 radical (unpaired) electrons. The van der Waals surface area contributed by atoms with Gasteiger partial charge in [0.05, 0.1) is 28.5 Å². The van der Waals surface area contributed by atoms with Crippen LogP contribution >= 0.6 is 0 Å². The average Bonchev–Trinajstić information content (AvgIpc) is 2.82. The Morgan fingerprint density at radius 1 is 1.04 bits per heavy atom. The van der Waals surface area contributed by atoms with Crippen molar-refractivity contribution in [2.24, 2.45) is 22.8 Å². The fourth-order valence-corrected chi connectivity index (χ4v) is 2.84. The van der Waals surface area contributed by atoms with Crippen molar-refractivity contribution in [1.82, 2.24) is 9.36 Å². The molecule has 0 bridgehead atoms. The van der Waals surface area contributed by atoms with Gasteiger partial charge in [-0.05, 0) is 43.7 Å². The summed E-state index contributed by atoms with van der Waals surface area (Å²) in [4.78, 5) is 21.7. The molecule has 3 rings (SSSR count). The fourth-order valence-electron chi connectivity index (χ4n) is 2.84. The van der Waals surface area contributed by atoms with E-state index in [2.05, 4.69) is 9.98 Å². The predicted octanol–water partition coefficient (Wildman–Crippen LogP) is 2.43. The van der Waals surface area contributed by atoms with Gasteiger partial charge in [0.2, 0.25) is 0 Å². The van der Waals surface area contributed by atoms with Crippen molar-refractivity contribution in [1.29, 1.82) is 0 Å². The van der Waals surface area contributed by atoms with Gasteiger partial charge in [-0.2, -0.15) is 0 Å². The lowest BCUT2D eigenvalue weighted by molar-refractivity contribution is 0.630.